The molecule has 2 N–H and O–H groups in total. The van der Waals surface area contributed by atoms with E-state index < -0.39 is 5.97 Å². The molecule has 2 aromatic rings. The Balaban J connectivity index is 2.40. The molecule has 0 saturated heterocycles. The maximum Gasteiger partial charge on any atom is 0.337 e. The van der Waals surface area contributed by atoms with Gasteiger partial charge in [0.2, 0.25) is 0 Å². The number of nitriles is 1. The highest BCUT2D eigenvalue weighted by Crippen LogP contribution is 2.23. The molecule has 0 amide bonds. The van der Waals surface area contributed by atoms with Crippen molar-refractivity contribution in [1.29, 1.82) is 5.26 Å². The van der Waals surface area contributed by atoms with E-state index >= 15 is 0 Å². The zero-order valence-corrected chi connectivity index (χ0v) is 10.3. The average molecular weight is 252 g/mol. The van der Waals surface area contributed by atoms with Crippen LogP contribution in [-0.2, 0) is 0 Å². The molecular weight excluding hydrogens is 240 g/mol. The molecule has 4 heteroatoms. The zero-order chi connectivity index (χ0) is 13.8. The van der Waals surface area contributed by atoms with Crippen LogP contribution in [0.1, 0.15) is 21.5 Å². The van der Waals surface area contributed by atoms with E-state index in [0.29, 0.717) is 16.9 Å². The minimum atomic E-state index is -0.987. The summed E-state index contributed by atoms with van der Waals surface area (Å²) in [5, 5.41) is 21.0. The van der Waals surface area contributed by atoms with Crippen LogP contribution in [0.25, 0.3) is 0 Å². The van der Waals surface area contributed by atoms with Gasteiger partial charge in [0.15, 0.2) is 0 Å². The second-order valence-corrected chi connectivity index (χ2v) is 4.17. The number of hydrogen-bond donors (Lipinski definition) is 2. The number of anilines is 2. The summed E-state index contributed by atoms with van der Waals surface area (Å²) in [6, 6.07) is 14.0. The normalized spacial score (nSPS) is 9.68. The highest BCUT2D eigenvalue weighted by atomic mass is 16.4. The van der Waals surface area contributed by atoms with Gasteiger partial charge in [-0.15, -0.1) is 0 Å². The molecule has 0 atom stereocenters. The molecule has 0 heterocycles. The molecule has 2 aromatic carbocycles. The fourth-order valence-corrected chi connectivity index (χ4v) is 1.77. The molecule has 0 radical (unpaired) electrons. The number of aromatic carboxylic acids is 1. The predicted octanol–water partition coefficient (Wildman–Crippen LogP) is 3.31. The van der Waals surface area contributed by atoms with Gasteiger partial charge in [0.25, 0.3) is 0 Å². The Bertz CT molecular complexity index is 672. The Labute approximate surface area is 110 Å². The van der Waals surface area contributed by atoms with Crippen molar-refractivity contribution in [3.8, 4) is 6.07 Å². The molecule has 2 rings (SSSR count). The summed E-state index contributed by atoms with van der Waals surface area (Å²) in [7, 11) is 0. The van der Waals surface area contributed by atoms with Crippen LogP contribution in [0.3, 0.4) is 0 Å². The van der Waals surface area contributed by atoms with Crippen molar-refractivity contribution in [1.82, 2.24) is 0 Å². The molecular formula is C15H12N2O2. The van der Waals surface area contributed by atoms with Crippen LogP contribution in [0.2, 0.25) is 0 Å². The molecule has 0 aromatic heterocycles. The Kier molecular flexibility index (Phi) is 3.48. The Morgan fingerprint density at radius 2 is 2.05 bits per heavy atom. The van der Waals surface area contributed by atoms with Crippen molar-refractivity contribution < 1.29 is 9.90 Å². The summed E-state index contributed by atoms with van der Waals surface area (Å²) >= 11 is 0. The molecule has 0 aliphatic heterocycles. The molecule has 19 heavy (non-hydrogen) atoms. The Morgan fingerprint density at radius 1 is 1.26 bits per heavy atom. The summed E-state index contributed by atoms with van der Waals surface area (Å²) in [6.07, 6.45) is 0. The number of hydrogen-bond acceptors (Lipinski definition) is 3. The van der Waals surface area contributed by atoms with Crippen LogP contribution in [0, 0.1) is 18.3 Å². The van der Waals surface area contributed by atoms with E-state index in [1.54, 1.807) is 42.5 Å². The minimum Gasteiger partial charge on any atom is -0.478 e. The van der Waals surface area contributed by atoms with Crippen molar-refractivity contribution in [2.24, 2.45) is 0 Å². The largest absolute Gasteiger partial charge is 0.478 e. The Morgan fingerprint density at radius 3 is 2.74 bits per heavy atom. The van der Waals surface area contributed by atoms with E-state index in [0.717, 1.165) is 5.56 Å². The summed E-state index contributed by atoms with van der Waals surface area (Å²) < 4.78 is 0. The second-order valence-electron chi connectivity index (χ2n) is 4.17. The Hall–Kier alpha value is -2.80. The lowest BCUT2D eigenvalue weighted by Gasteiger charge is -2.10. The maximum atomic E-state index is 11.2. The lowest BCUT2D eigenvalue weighted by atomic mass is 10.1. The van der Waals surface area contributed by atoms with Gasteiger partial charge in [0, 0.05) is 5.69 Å². The third kappa shape index (κ3) is 2.90. The quantitative estimate of drug-likeness (QED) is 0.878. The van der Waals surface area contributed by atoms with Crippen LogP contribution in [0.5, 0.6) is 0 Å². The van der Waals surface area contributed by atoms with E-state index in [4.69, 9.17) is 10.4 Å². The number of rotatable bonds is 3. The lowest BCUT2D eigenvalue weighted by Crippen LogP contribution is -2.03. The summed E-state index contributed by atoms with van der Waals surface area (Å²) in [5.41, 5.74) is 2.89. The summed E-state index contributed by atoms with van der Waals surface area (Å²) in [6.45, 7) is 1.89. The van der Waals surface area contributed by atoms with Gasteiger partial charge >= 0.3 is 5.97 Å². The van der Waals surface area contributed by atoms with Crippen molar-refractivity contribution in [2.75, 3.05) is 5.32 Å². The SMILES string of the molecule is Cc1ccc(C(=O)O)c(Nc2cccc(C#N)c2)c1. The first-order valence-corrected chi connectivity index (χ1v) is 5.71. The second kappa shape index (κ2) is 5.23. The van der Waals surface area contributed by atoms with Crippen molar-refractivity contribution in [3.63, 3.8) is 0 Å². The molecule has 0 aliphatic carbocycles. The van der Waals surface area contributed by atoms with Gasteiger partial charge in [0.1, 0.15) is 0 Å². The topological polar surface area (TPSA) is 73.1 Å². The van der Waals surface area contributed by atoms with Crippen molar-refractivity contribution in [3.05, 3.63) is 59.2 Å². The number of nitrogens with zero attached hydrogens (tertiary/aromatic N) is 1. The molecule has 0 aliphatic rings. The highest BCUT2D eigenvalue weighted by Gasteiger charge is 2.10. The van der Waals surface area contributed by atoms with Crippen LogP contribution in [-0.4, -0.2) is 11.1 Å². The molecule has 94 valence electrons. The van der Waals surface area contributed by atoms with E-state index in [9.17, 15) is 4.79 Å². The molecule has 0 fully saturated rings. The molecule has 0 spiro atoms. The summed E-state index contributed by atoms with van der Waals surface area (Å²) in [4.78, 5) is 11.2. The third-order valence-electron chi connectivity index (χ3n) is 2.68. The number of benzene rings is 2. The van der Waals surface area contributed by atoms with Gasteiger partial charge in [-0.05, 0) is 42.8 Å². The molecule has 4 nitrogen and oxygen atoms in total. The number of carbonyl (C=O) groups is 1. The van der Waals surface area contributed by atoms with Crippen LogP contribution < -0.4 is 5.32 Å². The monoisotopic (exact) mass is 252 g/mol. The van der Waals surface area contributed by atoms with Gasteiger partial charge in [-0.25, -0.2) is 4.79 Å². The predicted molar refractivity (Wildman–Crippen MR) is 72.6 cm³/mol. The lowest BCUT2D eigenvalue weighted by molar-refractivity contribution is 0.0698. The molecule has 0 saturated carbocycles. The maximum absolute atomic E-state index is 11.2. The van der Waals surface area contributed by atoms with Crippen LogP contribution in [0.15, 0.2) is 42.5 Å². The number of carboxylic acid groups (broad SMARTS) is 1. The fraction of sp³-hybridized carbons (Fsp3) is 0.0667. The van der Waals surface area contributed by atoms with Crippen molar-refractivity contribution >= 4 is 17.3 Å². The van der Waals surface area contributed by atoms with Gasteiger partial charge in [0.05, 0.1) is 22.9 Å². The number of nitrogens with one attached hydrogen (secondary N) is 1. The minimum absolute atomic E-state index is 0.202. The van der Waals surface area contributed by atoms with Gasteiger partial charge in [-0.2, -0.15) is 5.26 Å². The fourth-order valence-electron chi connectivity index (χ4n) is 1.77. The number of carboxylic acids is 1. The molecule has 0 unspecified atom stereocenters. The van der Waals surface area contributed by atoms with E-state index in [1.807, 2.05) is 13.0 Å². The average Bonchev–Trinajstić information content (AvgIpc) is 2.38. The van der Waals surface area contributed by atoms with E-state index in [2.05, 4.69) is 5.32 Å². The first-order valence-electron chi connectivity index (χ1n) is 5.71. The van der Waals surface area contributed by atoms with E-state index in [1.165, 1.54) is 0 Å². The zero-order valence-electron chi connectivity index (χ0n) is 10.3. The van der Waals surface area contributed by atoms with Crippen LogP contribution in [0.4, 0.5) is 11.4 Å². The third-order valence-corrected chi connectivity index (χ3v) is 2.68. The standard InChI is InChI=1S/C15H12N2O2/c1-10-5-6-13(15(18)19)14(7-10)17-12-4-2-3-11(8-12)9-16/h2-8,17H,1H3,(H,18,19). The van der Waals surface area contributed by atoms with E-state index in [-0.39, 0.29) is 5.56 Å². The smallest absolute Gasteiger partial charge is 0.337 e. The van der Waals surface area contributed by atoms with Crippen molar-refractivity contribution in [2.45, 2.75) is 6.92 Å². The number of aryl methyl sites for hydroxylation is 1. The van der Waals surface area contributed by atoms with Crippen LogP contribution >= 0.6 is 0 Å². The van der Waals surface area contributed by atoms with Gasteiger partial charge in [-0.3, -0.25) is 0 Å². The summed E-state index contributed by atoms with van der Waals surface area (Å²) in [5.74, 6) is -0.987. The molecule has 0 bridgehead atoms. The highest BCUT2D eigenvalue weighted by molar-refractivity contribution is 5.95. The van der Waals surface area contributed by atoms with Gasteiger partial charge < -0.3 is 10.4 Å². The first-order chi connectivity index (χ1) is 9.10. The van der Waals surface area contributed by atoms with Gasteiger partial charge in [-0.1, -0.05) is 12.1 Å². The first kappa shape index (κ1) is 12.7.